The van der Waals surface area contributed by atoms with E-state index in [0.29, 0.717) is 21.2 Å². The van der Waals surface area contributed by atoms with Gasteiger partial charge in [0.15, 0.2) is 32.2 Å². The van der Waals surface area contributed by atoms with E-state index >= 15 is 4.39 Å². The zero-order valence-electron chi connectivity index (χ0n) is 23.6. The smallest absolute Gasteiger partial charge is 0.194 e. The van der Waals surface area contributed by atoms with Gasteiger partial charge in [-0.05, 0) is 56.2 Å². The second kappa shape index (κ2) is 10.4. The number of halogens is 3. The Morgan fingerprint density at radius 1 is 1.18 bits per heavy atom. The molecular weight excluding hydrogens is 576 g/mol. The molecule has 2 saturated heterocycles. The molecule has 0 bridgehead atoms. The molecule has 1 unspecified atom stereocenters. The van der Waals surface area contributed by atoms with Crippen molar-refractivity contribution in [2.45, 2.75) is 89.2 Å². The third kappa shape index (κ3) is 5.35. The van der Waals surface area contributed by atoms with E-state index in [1.165, 1.54) is 18.5 Å². The first-order chi connectivity index (χ1) is 18.6. The van der Waals surface area contributed by atoms with Crippen LogP contribution < -0.4 is 0 Å². The molecule has 5 rings (SSSR count). The monoisotopic (exact) mass is 609 g/mol. The van der Waals surface area contributed by atoms with E-state index in [-0.39, 0.29) is 22.8 Å². The van der Waals surface area contributed by atoms with Gasteiger partial charge in [-0.25, -0.2) is 14.4 Å². The van der Waals surface area contributed by atoms with Gasteiger partial charge in [0.25, 0.3) is 0 Å². The van der Waals surface area contributed by atoms with Gasteiger partial charge in [-0.1, -0.05) is 44.0 Å². The lowest BCUT2D eigenvalue weighted by Gasteiger charge is -2.36. The maximum absolute atomic E-state index is 15.8. The Morgan fingerprint density at radius 3 is 2.58 bits per heavy atom. The van der Waals surface area contributed by atoms with Crippen LogP contribution in [0, 0.1) is 0 Å². The number of aromatic nitrogens is 3. The maximum Gasteiger partial charge on any atom is 0.194 e. The molecule has 2 aromatic heterocycles. The SMILES string of the molecule is CC1(C)O[C@@H]2[C@H](O1)C(C(=O)c1ccc(Cl)cc1[C@@H](F)CO[Si](C)(C)C(C)(C)C)O[C@H]2n1ccc2c(Cl)ncnc21. The van der Waals surface area contributed by atoms with E-state index in [4.69, 9.17) is 41.8 Å². The summed E-state index contributed by atoms with van der Waals surface area (Å²) >= 11 is 12.5. The van der Waals surface area contributed by atoms with Gasteiger partial charge in [0.05, 0.1) is 12.0 Å². The number of Topliss-reactive ketones (excluding diaryl/α,β-unsaturated/α-hetero) is 1. The molecule has 0 radical (unpaired) electrons. The zero-order chi connectivity index (χ0) is 29.2. The summed E-state index contributed by atoms with van der Waals surface area (Å²) in [6.07, 6.45) is -1.64. The van der Waals surface area contributed by atoms with E-state index < -0.39 is 50.6 Å². The van der Waals surface area contributed by atoms with E-state index in [2.05, 4.69) is 43.8 Å². The quantitative estimate of drug-likeness (QED) is 0.161. The molecule has 1 aromatic carbocycles. The summed E-state index contributed by atoms with van der Waals surface area (Å²) < 4.78 is 42.4. The highest BCUT2D eigenvalue weighted by molar-refractivity contribution is 6.74. The molecule has 12 heteroatoms. The van der Waals surface area contributed by atoms with Gasteiger partial charge in [-0.3, -0.25) is 4.79 Å². The highest BCUT2D eigenvalue weighted by Crippen LogP contribution is 2.45. The molecule has 0 saturated carbocycles. The maximum atomic E-state index is 15.8. The van der Waals surface area contributed by atoms with Gasteiger partial charge < -0.3 is 23.2 Å². The van der Waals surface area contributed by atoms with E-state index in [1.807, 2.05) is 0 Å². The van der Waals surface area contributed by atoms with Crippen molar-refractivity contribution in [3.63, 3.8) is 0 Å². The van der Waals surface area contributed by atoms with Crippen molar-refractivity contribution in [2.75, 3.05) is 6.61 Å². The first kappa shape index (κ1) is 29.6. The average Bonchev–Trinajstić information content (AvgIpc) is 3.52. The number of carbonyl (C=O) groups excluding carboxylic acids is 1. The lowest BCUT2D eigenvalue weighted by Crippen LogP contribution is -2.41. The summed E-state index contributed by atoms with van der Waals surface area (Å²) in [5.74, 6) is -1.39. The molecule has 5 atom stereocenters. The second-order valence-corrected chi connectivity index (χ2v) is 17.9. The Bertz CT molecular complexity index is 1440. The van der Waals surface area contributed by atoms with Crippen LogP contribution in [0.15, 0.2) is 36.8 Å². The van der Waals surface area contributed by atoms with Gasteiger partial charge in [0.1, 0.15) is 35.5 Å². The van der Waals surface area contributed by atoms with Crippen LogP contribution in [0.5, 0.6) is 0 Å². The van der Waals surface area contributed by atoms with Crippen molar-refractivity contribution >= 4 is 48.3 Å². The van der Waals surface area contributed by atoms with Gasteiger partial charge in [0, 0.05) is 22.3 Å². The summed E-state index contributed by atoms with van der Waals surface area (Å²) in [6.45, 7) is 13.7. The Morgan fingerprint density at radius 2 is 1.88 bits per heavy atom. The number of nitrogens with zero attached hydrogens (tertiary/aromatic N) is 3. The fourth-order valence-electron chi connectivity index (χ4n) is 4.92. The standard InChI is InChI=1S/C28H34Cl2FN3O5Si/c1-27(2,3)40(6,7)36-13-19(31)18-12-15(29)8-9-16(18)20(35)21-22-23(39-28(4,5)38-22)26(37-21)34-11-10-17-24(30)32-14-33-25(17)34/h8-12,14,19,21-23,26H,13H2,1-7H3/t19-,21?,22+,23+,26+/m0/s1. The van der Waals surface area contributed by atoms with Crippen LogP contribution >= 0.6 is 23.2 Å². The van der Waals surface area contributed by atoms with Crippen molar-refractivity contribution in [3.8, 4) is 0 Å². The molecule has 0 aliphatic carbocycles. The van der Waals surface area contributed by atoms with Crippen LogP contribution in [0.4, 0.5) is 4.39 Å². The van der Waals surface area contributed by atoms with Gasteiger partial charge in [-0.15, -0.1) is 0 Å². The molecule has 0 N–H and O–H groups in total. The summed E-state index contributed by atoms with van der Waals surface area (Å²) in [6, 6.07) is 6.35. The molecule has 0 amide bonds. The fraction of sp³-hybridized carbons (Fsp3) is 0.536. The van der Waals surface area contributed by atoms with E-state index in [1.54, 1.807) is 36.7 Å². The summed E-state index contributed by atoms with van der Waals surface area (Å²) in [4.78, 5) is 22.5. The Hall–Kier alpha value is -1.92. The molecule has 0 spiro atoms. The number of hydrogen-bond donors (Lipinski definition) is 0. The van der Waals surface area contributed by atoms with Crippen molar-refractivity contribution in [1.82, 2.24) is 14.5 Å². The molecule has 3 aromatic rings. The highest BCUT2D eigenvalue weighted by atomic mass is 35.5. The highest BCUT2D eigenvalue weighted by Gasteiger charge is 2.58. The number of rotatable bonds is 7. The third-order valence-corrected chi connectivity index (χ3v) is 13.1. The third-order valence-electron chi connectivity index (χ3n) is 8.04. The first-order valence-corrected chi connectivity index (χ1v) is 16.9. The second-order valence-electron chi connectivity index (χ2n) is 12.3. The van der Waals surface area contributed by atoms with Crippen molar-refractivity contribution in [3.05, 3.63) is 58.1 Å². The molecular formula is C28H34Cl2FN3O5Si. The van der Waals surface area contributed by atoms with Crippen LogP contribution in [-0.4, -0.2) is 59.3 Å². The largest absolute Gasteiger partial charge is 0.414 e. The lowest BCUT2D eigenvalue weighted by atomic mass is 9.94. The van der Waals surface area contributed by atoms with Crippen LogP contribution in [-0.2, 0) is 18.6 Å². The van der Waals surface area contributed by atoms with Crippen LogP contribution in [0.25, 0.3) is 11.0 Å². The lowest BCUT2D eigenvalue weighted by molar-refractivity contribution is -0.190. The molecule has 2 aliphatic rings. The van der Waals surface area contributed by atoms with Gasteiger partial charge in [0.2, 0.25) is 0 Å². The predicted molar refractivity (Wildman–Crippen MR) is 153 cm³/mol. The predicted octanol–water partition coefficient (Wildman–Crippen LogP) is 7.07. The number of carbonyl (C=O) groups is 1. The van der Waals surface area contributed by atoms with Gasteiger partial charge in [-0.2, -0.15) is 0 Å². The summed E-state index contributed by atoms with van der Waals surface area (Å²) in [5, 5.41) is 1.17. The van der Waals surface area contributed by atoms with Crippen molar-refractivity contribution in [1.29, 1.82) is 0 Å². The Balaban J connectivity index is 1.47. The van der Waals surface area contributed by atoms with E-state index in [0.717, 1.165) is 0 Å². The molecule has 2 aliphatic heterocycles. The van der Waals surface area contributed by atoms with Crippen molar-refractivity contribution in [2.24, 2.45) is 0 Å². The molecule has 216 valence electrons. The Kier molecular flexibility index (Phi) is 7.70. The molecule has 40 heavy (non-hydrogen) atoms. The topological polar surface area (TPSA) is 84.7 Å². The number of hydrogen-bond acceptors (Lipinski definition) is 7. The minimum Gasteiger partial charge on any atom is -0.414 e. The summed E-state index contributed by atoms with van der Waals surface area (Å²) in [5.41, 5.74) is 0.851. The molecule has 8 nitrogen and oxygen atoms in total. The molecule has 4 heterocycles. The number of ketones is 1. The number of ether oxygens (including phenoxy) is 3. The number of benzene rings is 1. The zero-order valence-corrected chi connectivity index (χ0v) is 26.1. The first-order valence-electron chi connectivity index (χ1n) is 13.2. The Labute approximate surface area is 244 Å². The van der Waals surface area contributed by atoms with Gasteiger partial charge >= 0.3 is 0 Å². The van der Waals surface area contributed by atoms with Crippen molar-refractivity contribution < 1.29 is 27.8 Å². The minimum atomic E-state index is -2.23. The van der Waals surface area contributed by atoms with Crippen LogP contribution in [0.2, 0.25) is 28.3 Å². The number of alkyl halides is 1. The summed E-state index contributed by atoms with van der Waals surface area (Å²) in [7, 11) is -2.23. The average molecular weight is 611 g/mol. The van der Waals surface area contributed by atoms with Crippen LogP contribution in [0.3, 0.4) is 0 Å². The normalized spacial score (nSPS) is 25.4. The fourth-order valence-corrected chi connectivity index (χ4v) is 6.28. The van der Waals surface area contributed by atoms with E-state index in [9.17, 15) is 4.79 Å². The molecule has 2 fully saturated rings. The minimum absolute atomic E-state index is 0.0915. The van der Waals surface area contributed by atoms with Crippen LogP contribution in [0.1, 0.15) is 62.9 Å². The number of fused-ring (bicyclic) bond motifs is 2.